The van der Waals surface area contributed by atoms with Gasteiger partial charge in [-0.2, -0.15) is 0 Å². The summed E-state index contributed by atoms with van der Waals surface area (Å²) in [6.07, 6.45) is 1.46. The topological polar surface area (TPSA) is 106 Å². The summed E-state index contributed by atoms with van der Waals surface area (Å²) in [4.78, 5) is 20.5. The monoisotopic (exact) mass is 174 g/mol. The summed E-state index contributed by atoms with van der Waals surface area (Å²) < 4.78 is 0. The number of hydrogen-bond acceptors (Lipinski definition) is 4. The van der Waals surface area contributed by atoms with Crippen LogP contribution in [0.3, 0.4) is 0 Å². The van der Waals surface area contributed by atoms with Crippen molar-refractivity contribution >= 4 is 12.3 Å². The highest BCUT2D eigenvalue weighted by molar-refractivity contribution is 5.73. The second-order valence-electron chi connectivity index (χ2n) is 2.65. The molecule has 0 saturated carbocycles. The third-order valence-electron chi connectivity index (χ3n) is 1.66. The van der Waals surface area contributed by atoms with Gasteiger partial charge in [-0.25, -0.2) is 0 Å². The maximum Gasteiger partial charge on any atom is 0.320 e. The lowest BCUT2D eigenvalue weighted by molar-refractivity contribution is -0.138. The van der Waals surface area contributed by atoms with Crippen molar-refractivity contribution in [3.8, 4) is 0 Å². The zero-order chi connectivity index (χ0) is 9.56. The van der Waals surface area contributed by atoms with Crippen molar-refractivity contribution in [1.82, 2.24) is 0 Å². The minimum absolute atomic E-state index is 0.246. The summed E-state index contributed by atoms with van der Waals surface area (Å²) in [5.74, 6) is -1.31. The van der Waals surface area contributed by atoms with Gasteiger partial charge in [-0.15, -0.1) is 0 Å². The highest BCUT2D eigenvalue weighted by atomic mass is 16.4. The average Bonchev–Trinajstić information content (AvgIpc) is 2.05. The molecule has 0 spiro atoms. The number of rotatable bonds is 6. The van der Waals surface area contributed by atoms with E-state index in [0.29, 0.717) is 6.42 Å². The van der Waals surface area contributed by atoms with Crippen LogP contribution in [-0.4, -0.2) is 29.9 Å². The third-order valence-corrected chi connectivity index (χ3v) is 1.66. The van der Waals surface area contributed by atoms with E-state index >= 15 is 0 Å². The summed E-state index contributed by atoms with van der Waals surface area (Å²) in [7, 11) is 0. The first-order valence-corrected chi connectivity index (χ1v) is 3.75. The number of carboxylic acid groups (broad SMARTS) is 1. The zero-order valence-electron chi connectivity index (χ0n) is 6.77. The van der Waals surface area contributed by atoms with E-state index in [-0.39, 0.29) is 18.9 Å². The van der Waals surface area contributed by atoms with E-state index in [1.54, 1.807) is 0 Å². The van der Waals surface area contributed by atoms with Gasteiger partial charge in [-0.05, 0) is 12.8 Å². The fraction of sp³-hybridized carbons (Fsp3) is 0.714. The molecule has 70 valence electrons. The van der Waals surface area contributed by atoms with Crippen LogP contribution in [0.4, 0.5) is 0 Å². The zero-order valence-corrected chi connectivity index (χ0v) is 6.77. The Labute approximate surface area is 70.7 Å². The Morgan fingerprint density at radius 2 is 2.08 bits per heavy atom. The van der Waals surface area contributed by atoms with Gasteiger partial charge < -0.3 is 21.4 Å². The normalized spacial score (nSPS) is 15.2. The molecule has 0 aliphatic heterocycles. The summed E-state index contributed by atoms with van der Waals surface area (Å²) in [6.45, 7) is 0.246. The molecule has 0 aromatic heterocycles. The molecular formula is C7H14N2O3. The molecule has 2 atom stereocenters. The van der Waals surface area contributed by atoms with Crippen LogP contribution >= 0.6 is 0 Å². The molecule has 5 heteroatoms. The Morgan fingerprint density at radius 3 is 2.42 bits per heavy atom. The number of carbonyl (C=O) groups is 2. The molecule has 0 radical (unpaired) electrons. The highest BCUT2D eigenvalue weighted by Crippen LogP contribution is 2.03. The van der Waals surface area contributed by atoms with Crippen molar-refractivity contribution in [2.24, 2.45) is 17.4 Å². The van der Waals surface area contributed by atoms with Crippen LogP contribution in [0.2, 0.25) is 0 Å². The summed E-state index contributed by atoms with van der Waals surface area (Å²) in [5.41, 5.74) is 10.4. The molecule has 0 aromatic rings. The van der Waals surface area contributed by atoms with E-state index in [4.69, 9.17) is 16.6 Å². The van der Waals surface area contributed by atoms with E-state index in [2.05, 4.69) is 0 Å². The summed E-state index contributed by atoms with van der Waals surface area (Å²) in [5, 5.41) is 8.40. The van der Waals surface area contributed by atoms with Gasteiger partial charge in [0.25, 0.3) is 0 Å². The lowest BCUT2D eigenvalue weighted by Crippen LogP contribution is -2.31. The number of carbonyl (C=O) groups excluding carboxylic acids is 1. The van der Waals surface area contributed by atoms with Crippen LogP contribution in [0.25, 0.3) is 0 Å². The first kappa shape index (κ1) is 11.1. The minimum atomic E-state index is -1.04. The molecule has 12 heavy (non-hydrogen) atoms. The third kappa shape index (κ3) is 4.05. The number of aliphatic carboxylic acids is 1. The molecule has 0 heterocycles. The van der Waals surface area contributed by atoms with E-state index in [0.717, 1.165) is 6.29 Å². The summed E-state index contributed by atoms with van der Waals surface area (Å²) >= 11 is 0. The fourth-order valence-corrected chi connectivity index (χ4v) is 0.759. The Hall–Kier alpha value is -0.940. The van der Waals surface area contributed by atoms with E-state index in [9.17, 15) is 9.59 Å². The van der Waals surface area contributed by atoms with Gasteiger partial charge in [0, 0.05) is 12.5 Å². The van der Waals surface area contributed by atoms with Gasteiger partial charge in [0.1, 0.15) is 12.3 Å². The molecule has 0 amide bonds. The van der Waals surface area contributed by atoms with Crippen LogP contribution in [0.1, 0.15) is 12.8 Å². The van der Waals surface area contributed by atoms with Gasteiger partial charge >= 0.3 is 5.97 Å². The predicted molar refractivity (Wildman–Crippen MR) is 43.5 cm³/mol. The second-order valence-corrected chi connectivity index (χ2v) is 2.65. The van der Waals surface area contributed by atoms with Crippen LogP contribution in [-0.2, 0) is 9.59 Å². The van der Waals surface area contributed by atoms with Gasteiger partial charge in [0.15, 0.2) is 0 Å². The Kier molecular flexibility index (Phi) is 5.23. The van der Waals surface area contributed by atoms with Gasteiger partial charge in [0.2, 0.25) is 0 Å². The minimum Gasteiger partial charge on any atom is -0.480 e. The fourth-order valence-electron chi connectivity index (χ4n) is 0.759. The molecule has 5 nitrogen and oxygen atoms in total. The standard InChI is InChI=1S/C7H14N2O3/c8-3-5(4-10)1-2-6(9)7(11)12/h4-6H,1-3,8-9H2,(H,11,12)/t5?,6-/m0/s1. The van der Waals surface area contributed by atoms with Crippen molar-refractivity contribution in [3.63, 3.8) is 0 Å². The maximum atomic E-state index is 10.3. The predicted octanol–water partition coefficient (Wildman–Crippen LogP) is -1.05. The molecular weight excluding hydrogens is 160 g/mol. The second kappa shape index (κ2) is 5.68. The van der Waals surface area contributed by atoms with Crippen LogP contribution in [0, 0.1) is 5.92 Å². The Morgan fingerprint density at radius 1 is 1.50 bits per heavy atom. The Balaban J connectivity index is 3.65. The largest absolute Gasteiger partial charge is 0.480 e. The van der Waals surface area contributed by atoms with Crippen molar-refractivity contribution < 1.29 is 14.7 Å². The molecule has 0 saturated heterocycles. The molecule has 1 unspecified atom stereocenters. The number of carboxylic acids is 1. The molecule has 0 aliphatic carbocycles. The van der Waals surface area contributed by atoms with Crippen molar-refractivity contribution in [3.05, 3.63) is 0 Å². The van der Waals surface area contributed by atoms with Crippen LogP contribution in [0.15, 0.2) is 0 Å². The van der Waals surface area contributed by atoms with Crippen molar-refractivity contribution in [2.45, 2.75) is 18.9 Å². The van der Waals surface area contributed by atoms with Gasteiger partial charge in [0.05, 0.1) is 0 Å². The quantitative estimate of drug-likeness (QED) is 0.445. The van der Waals surface area contributed by atoms with Gasteiger partial charge in [-0.3, -0.25) is 4.79 Å². The molecule has 0 aliphatic rings. The smallest absolute Gasteiger partial charge is 0.320 e. The lowest BCUT2D eigenvalue weighted by Gasteiger charge is -2.09. The molecule has 5 N–H and O–H groups in total. The van der Waals surface area contributed by atoms with Crippen molar-refractivity contribution in [2.75, 3.05) is 6.54 Å². The highest BCUT2D eigenvalue weighted by Gasteiger charge is 2.13. The Bertz CT molecular complexity index is 159. The SMILES string of the molecule is NCC(C=O)CC[C@H](N)C(=O)O. The number of hydrogen-bond donors (Lipinski definition) is 3. The van der Waals surface area contributed by atoms with Crippen LogP contribution < -0.4 is 11.5 Å². The van der Waals surface area contributed by atoms with E-state index in [1.807, 2.05) is 0 Å². The van der Waals surface area contributed by atoms with Crippen LogP contribution in [0.5, 0.6) is 0 Å². The number of aldehydes is 1. The lowest BCUT2D eigenvalue weighted by atomic mass is 10.0. The summed E-state index contributed by atoms with van der Waals surface area (Å²) in [6, 6.07) is -0.890. The first-order chi connectivity index (χ1) is 5.61. The first-order valence-electron chi connectivity index (χ1n) is 3.75. The molecule has 0 aromatic carbocycles. The number of nitrogens with two attached hydrogens (primary N) is 2. The van der Waals surface area contributed by atoms with Gasteiger partial charge in [-0.1, -0.05) is 0 Å². The van der Waals surface area contributed by atoms with E-state index in [1.165, 1.54) is 0 Å². The van der Waals surface area contributed by atoms with E-state index < -0.39 is 12.0 Å². The molecule has 0 bridgehead atoms. The maximum absolute atomic E-state index is 10.3. The molecule has 0 rings (SSSR count). The average molecular weight is 174 g/mol. The van der Waals surface area contributed by atoms with Crippen molar-refractivity contribution in [1.29, 1.82) is 0 Å². The molecule has 0 fully saturated rings.